The summed E-state index contributed by atoms with van der Waals surface area (Å²) in [6, 6.07) is 12.8. The number of benzene rings is 2. The van der Waals surface area contributed by atoms with Gasteiger partial charge >= 0.3 is 0 Å². The fourth-order valence-electron chi connectivity index (χ4n) is 3.54. The number of carbonyl (C=O) groups is 1. The van der Waals surface area contributed by atoms with Crippen molar-refractivity contribution in [2.45, 2.75) is 46.7 Å². The van der Waals surface area contributed by atoms with Crippen LogP contribution in [0.25, 0.3) is 0 Å². The zero-order valence-electron chi connectivity index (χ0n) is 14.9. The molecule has 0 radical (unpaired) electrons. The van der Waals surface area contributed by atoms with Crippen LogP contribution in [0, 0.1) is 20.8 Å². The molecule has 0 unspecified atom stereocenters. The lowest BCUT2D eigenvalue weighted by atomic mass is 10.00. The number of rotatable bonds is 5. The van der Waals surface area contributed by atoms with Gasteiger partial charge in [0.15, 0.2) is 0 Å². The summed E-state index contributed by atoms with van der Waals surface area (Å²) in [5.74, 6) is 0.242. The average Bonchev–Trinajstić information content (AvgIpc) is 2.96. The van der Waals surface area contributed by atoms with Gasteiger partial charge in [-0.15, -0.1) is 0 Å². The molecular weight excluding hydrogens is 296 g/mol. The fourth-order valence-corrected chi connectivity index (χ4v) is 3.54. The van der Waals surface area contributed by atoms with E-state index in [1.165, 1.54) is 27.8 Å². The molecule has 0 bridgehead atoms. The number of anilines is 1. The van der Waals surface area contributed by atoms with Gasteiger partial charge in [-0.1, -0.05) is 29.8 Å². The van der Waals surface area contributed by atoms with Gasteiger partial charge in [0.05, 0.1) is 0 Å². The van der Waals surface area contributed by atoms with Crippen molar-refractivity contribution in [1.82, 2.24) is 5.32 Å². The first-order valence-electron chi connectivity index (χ1n) is 8.71. The molecule has 3 nitrogen and oxygen atoms in total. The van der Waals surface area contributed by atoms with E-state index in [2.05, 4.69) is 62.5 Å². The first-order chi connectivity index (χ1) is 11.5. The van der Waals surface area contributed by atoms with Crippen molar-refractivity contribution in [2.24, 2.45) is 0 Å². The Hall–Kier alpha value is -2.13. The maximum absolute atomic E-state index is 11.8. The zero-order valence-corrected chi connectivity index (χ0v) is 14.9. The molecule has 24 heavy (non-hydrogen) atoms. The van der Waals surface area contributed by atoms with Crippen LogP contribution in [0.5, 0.6) is 0 Å². The molecule has 126 valence electrons. The maximum atomic E-state index is 11.8. The third kappa shape index (κ3) is 3.68. The minimum Gasteiger partial charge on any atom is -0.312 e. The molecule has 1 amide bonds. The number of hydrogen-bond acceptors (Lipinski definition) is 2. The molecule has 0 atom stereocenters. The van der Waals surface area contributed by atoms with Crippen molar-refractivity contribution >= 4 is 11.6 Å². The first kappa shape index (κ1) is 16.7. The normalized spacial score (nSPS) is 14.5. The van der Waals surface area contributed by atoms with Crippen LogP contribution >= 0.6 is 0 Å². The molecule has 1 aliphatic heterocycles. The molecule has 0 aliphatic carbocycles. The van der Waals surface area contributed by atoms with Crippen LogP contribution in [-0.4, -0.2) is 12.5 Å². The Balaban J connectivity index is 1.58. The average molecular weight is 322 g/mol. The highest BCUT2D eigenvalue weighted by atomic mass is 16.2. The summed E-state index contributed by atoms with van der Waals surface area (Å²) in [5.41, 5.74) is 7.67. The molecule has 1 aliphatic rings. The molecule has 0 aromatic heterocycles. The van der Waals surface area contributed by atoms with Crippen LogP contribution in [0.2, 0.25) is 0 Å². The third-order valence-corrected chi connectivity index (χ3v) is 4.79. The van der Waals surface area contributed by atoms with Crippen LogP contribution < -0.4 is 10.2 Å². The summed E-state index contributed by atoms with van der Waals surface area (Å²) in [7, 11) is 0. The Morgan fingerprint density at radius 1 is 1.00 bits per heavy atom. The molecule has 1 fully saturated rings. The lowest BCUT2D eigenvalue weighted by Crippen LogP contribution is -2.23. The van der Waals surface area contributed by atoms with E-state index in [-0.39, 0.29) is 5.91 Å². The summed E-state index contributed by atoms with van der Waals surface area (Å²) >= 11 is 0. The van der Waals surface area contributed by atoms with Gasteiger partial charge in [0, 0.05) is 31.7 Å². The Labute approximate surface area is 144 Å². The van der Waals surface area contributed by atoms with Crippen LogP contribution in [-0.2, 0) is 17.9 Å². The number of aryl methyl sites for hydroxylation is 3. The Morgan fingerprint density at radius 2 is 1.67 bits per heavy atom. The topological polar surface area (TPSA) is 32.3 Å². The van der Waals surface area contributed by atoms with E-state index in [4.69, 9.17) is 0 Å². The first-order valence-corrected chi connectivity index (χ1v) is 8.71. The second-order valence-corrected chi connectivity index (χ2v) is 6.80. The van der Waals surface area contributed by atoms with E-state index in [9.17, 15) is 4.79 Å². The summed E-state index contributed by atoms with van der Waals surface area (Å²) in [5, 5.41) is 3.54. The number of carbonyl (C=O) groups excluding carboxylic acids is 1. The van der Waals surface area contributed by atoms with Crippen LogP contribution in [0.15, 0.2) is 36.4 Å². The van der Waals surface area contributed by atoms with Crippen molar-refractivity contribution in [2.75, 3.05) is 11.4 Å². The van der Waals surface area contributed by atoms with Crippen molar-refractivity contribution in [3.05, 3.63) is 64.2 Å². The second kappa shape index (κ2) is 7.18. The van der Waals surface area contributed by atoms with E-state index in [0.717, 1.165) is 31.7 Å². The van der Waals surface area contributed by atoms with Gasteiger partial charge in [-0.25, -0.2) is 0 Å². The fraction of sp³-hybridized carbons (Fsp3) is 0.381. The minimum absolute atomic E-state index is 0.242. The largest absolute Gasteiger partial charge is 0.312 e. The molecule has 3 rings (SSSR count). The SMILES string of the molecule is Cc1cc(C)c(CNCc2ccc(N3CCCC3=O)cc2)c(C)c1. The molecule has 1 saturated heterocycles. The minimum atomic E-state index is 0.242. The number of amides is 1. The van der Waals surface area contributed by atoms with Crippen molar-refractivity contribution in [3.63, 3.8) is 0 Å². The van der Waals surface area contributed by atoms with Gasteiger partial charge in [0.25, 0.3) is 0 Å². The monoisotopic (exact) mass is 322 g/mol. The van der Waals surface area contributed by atoms with Crippen LogP contribution in [0.4, 0.5) is 5.69 Å². The summed E-state index contributed by atoms with van der Waals surface area (Å²) in [4.78, 5) is 13.7. The van der Waals surface area contributed by atoms with Gasteiger partial charge in [-0.3, -0.25) is 4.79 Å². The summed E-state index contributed by atoms with van der Waals surface area (Å²) in [6.07, 6.45) is 1.65. The molecule has 0 saturated carbocycles. The molecule has 3 heteroatoms. The smallest absolute Gasteiger partial charge is 0.227 e. The van der Waals surface area contributed by atoms with Gasteiger partial charge in [-0.2, -0.15) is 0 Å². The third-order valence-electron chi connectivity index (χ3n) is 4.79. The van der Waals surface area contributed by atoms with Gasteiger partial charge in [0.1, 0.15) is 0 Å². The quantitative estimate of drug-likeness (QED) is 0.901. The molecule has 0 spiro atoms. The lowest BCUT2D eigenvalue weighted by molar-refractivity contribution is -0.117. The van der Waals surface area contributed by atoms with Crippen molar-refractivity contribution in [1.29, 1.82) is 0 Å². The van der Waals surface area contributed by atoms with E-state index >= 15 is 0 Å². The number of nitrogens with one attached hydrogen (secondary N) is 1. The lowest BCUT2D eigenvalue weighted by Gasteiger charge is -2.16. The van der Waals surface area contributed by atoms with Gasteiger partial charge in [-0.05, 0) is 61.6 Å². The Bertz CT molecular complexity index is 711. The molecule has 1 heterocycles. The number of hydrogen-bond donors (Lipinski definition) is 1. The van der Waals surface area contributed by atoms with Crippen molar-refractivity contribution in [3.8, 4) is 0 Å². The highest BCUT2D eigenvalue weighted by Crippen LogP contribution is 2.21. The highest BCUT2D eigenvalue weighted by Gasteiger charge is 2.21. The van der Waals surface area contributed by atoms with E-state index in [1.54, 1.807) is 0 Å². The summed E-state index contributed by atoms with van der Waals surface area (Å²) in [6.45, 7) is 9.06. The van der Waals surface area contributed by atoms with E-state index in [0.29, 0.717) is 6.42 Å². The molecule has 2 aromatic carbocycles. The van der Waals surface area contributed by atoms with Crippen LogP contribution in [0.3, 0.4) is 0 Å². The summed E-state index contributed by atoms with van der Waals surface area (Å²) < 4.78 is 0. The van der Waals surface area contributed by atoms with E-state index in [1.807, 2.05) is 4.90 Å². The zero-order chi connectivity index (χ0) is 17.1. The van der Waals surface area contributed by atoms with Gasteiger partial charge < -0.3 is 10.2 Å². The molecule has 1 N–H and O–H groups in total. The van der Waals surface area contributed by atoms with E-state index < -0.39 is 0 Å². The molecule has 2 aromatic rings. The van der Waals surface area contributed by atoms with Crippen LogP contribution in [0.1, 0.15) is 40.7 Å². The predicted octanol–water partition coefficient (Wildman–Crippen LogP) is 4.03. The highest BCUT2D eigenvalue weighted by molar-refractivity contribution is 5.95. The van der Waals surface area contributed by atoms with Gasteiger partial charge in [0.2, 0.25) is 5.91 Å². The maximum Gasteiger partial charge on any atom is 0.227 e. The second-order valence-electron chi connectivity index (χ2n) is 6.80. The number of nitrogens with zero attached hydrogens (tertiary/aromatic N) is 1. The van der Waals surface area contributed by atoms with Crippen molar-refractivity contribution < 1.29 is 4.79 Å². The Kier molecular flexibility index (Phi) is 5.00. The standard InChI is InChI=1S/C21H26N2O/c1-15-11-16(2)20(17(3)12-15)14-22-13-18-6-8-19(9-7-18)23-10-4-5-21(23)24/h6-9,11-12,22H,4-5,10,13-14H2,1-3H3. The predicted molar refractivity (Wildman–Crippen MR) is 99.2 cm³/mol. The Morgan fingerprint density at radius 3 is 2.25 bits per heavy atom. The molecular formula is C21H26N2O.